The molecule has 0 aliphatic carbocycles. The zero-order chi connectivity index (χ0) is 17.6. The molecule has 2 aliphatic rings. The topological polar surface area (TPSA) is 65.5 Å². The Morgan fingerprint density at radius 1 is 1.20 bits per heavy atom. The molecule has 6 nitrogen and oxygen atoms in total. The Labute approximate surface area is 149 Å². The lowest BCUT2D eigenvalue weighted by molar-refractivity contribution is -0.130. The van der Waals surface area contributed by atoms with Crippen LogP contribution in [0.2, 0.25) is 0 Å². The lowest BCUT2D eigenvalue weighted by atomic mass is 9.93. The van der Waals surface area contributed by atoms with Crippen molar-refractivity contribution >= 4 is 11.8 Å². The van der Waals surface area contributed by atoms with Crippen LogP contribution in [0, 0.1) is 5.92 Å². The molecular weight excluding hydrogens is 316 g/mol. The van der Waals surface area contributed by atoms with Gasteiger partial charge in [0, 0.05) is 38.8 Å². The first-order valence-electron chi connectivity index (χ1n) is 9.30. The third-order valence-electron chi connectivity index (χ3n) is 5.42. The first-order valence-corrected chi connectivity index (χ1v) is 9.30. The fraction of sp³-hybridized carbons (Fsp3) is 0.632. The molecule has 2 aliphatic heterocycles. The highest BCUT2D eigenvalue weighted by molar-refractivity contribution is 5.78. The molecule has 1 aromatic rings. The van der Waals surface area contributed by atoms with Crippen molar-refractivity contribution in [1.29, 1.82) is 0 Å². The summed E-state index contributed by atoms with van der Waals surface area (Å²) < 4.78 is 0. The number of carbonyl (C=O) groups is 2. The maximum absolute atomic E-state index is 12.5. The third-order valence-corrected chi connectivity index (χ3v) is 5.42. The van der Waals surface area contributed by atoms with Crippen molar-refractivity contribution in [2.75, 3.05) is 26.2 Å². The van der Waals surface area contributed by atoms with Gasteiger partial charge in [-0.05, 0) is 44.4 Å². The first kappa shape index (κ1) is 17.9. The van der Waals surface area contributed by atoms with Crippen molar-refractivity contribution in [2.45, 2.75) is 45.2 Å². The molecule has 136 valence electrons. The molecule has 1 N–H and O–H groups in total. The van der Waals surface area contributed by atoms with E-state index in [1.54, 1.807) is 13.1 Å². The van der Waals surface area contributed by atoms with Gasteiger partial charge < -0.3 is 10.2 Å². The van der Waals surface area contributed by atoms with E-state index in [4.69, 9.17) is 0 Å². The van der Waals surface area contributed by atoms with Gasteiger partial charge in [0.1, 0.15) is 0 Å². The van der Waals surface area contributed by atoms with Crippen LogP contribution in [-0.4, -0.2) is 58.8 Å². The molecule has 25 heavy (non-hydrogen) atoms. The number of hydrogen-bond donors (Lipinski definition) is 1. The number of piperidine rings is 2. The molecular formula is C19H28N4O2. The third kappa shape index (κ3) is 4.78. The standard InChI is InChI=1S/C19H28N4O2/c1-15(24)22-11-7-18(8-12-22)23-10-4-5-16(14-23)19(25)21-13-17-6-2-3-9-20-17/h2-3,6,9,16,18H,4-5,7-8,10-14H2,1H3,(H,21,25)/t16-/m0/s1. The number of likely N-dealkylation sites (tertiary alicyclic amines) is 2. The molecule has 0 spiro atoms. The molecule has 6 heteroatoms. The predicted molar refractivity (Wildman–Crippen MR) is 95.7 cm³/mol. The van der Waals surface area contributed by atoms with E-state index in [1.165, 1.54) is 0 Å². The largest absolute Gasteiger partial charge is 0.350 e. The normalized spacial score (nSPS) is 22.6. The first-order chi connectivity index (χ1) is 12.1. The average Bonchev–Trinajstić information content (AvgIpc) is 2.67. The van der Waals surface area contributed by atoms with Crippen molar-refractivity contribution in [3.63, 3.8) is 0 Å². The fourth-order valence-corrected chi connectivity index (χ4v) is 3.92. The highest BCUT2D eigenvalue weighted by Gasteiger charge is 2.31. The van der Waals surface area contributed by atoms with Gasteiger partial charge in [0.2, 0.25) is 11.8 Å². The Balaban J connectivity index is 1.47. The van der Waals surface area contributed by atoms with Crippen LogP contribution in [0.15, 0.2) is 24.4 Å². The van der Waals surface area contributed by atoms with Gasteiger partial charge in [-0.1, -0.05) is 6.07 Å². The minimum absolute atomic E-state index is 0.0586. The Hall–Kier alpha value is -1.95. The predicted octanol–water partition coefficient (Wildman–Crippen LogP) is 1.42. The van der Waals surface area contributed by atoms with Gasteiger partial charge in [-0.3, -0.25) is 19.5 Å². The average molecular weight is 344 g/mol. The molecule has 0 aromatic carbocycles. The van der Waals surface area contributed by atoms with Crippen LogP contribution in [0.4, 0.5) is 0 Å². The minimum Gasteiger partial charge on any atom is -0.350 e. The van der Waals surface area contributed by atoms with Crippen LogP contribution >= 0.6 is 0 Å². The lowest BCUT2D eigenvalue weighted by Gasteiger charge is -2.41. The highest BCUT2D eigenvalue weighted by Crippen LogP contribution is 2.24. The highest BCUT2D eigenvalue weighted by atomic mass is 16.2. The number of hydrogen-bond acceptors (Lipinski definition) is 4. The van der Waals surface area contributed by atoms with Crippen LogP contribution < -0.4 is 5.32 Å². The molecule has 2 saturated heterocycles. The maximum atomic E-state index is 12.5. The molecule has 0 bridgehead atoms. The van der Waals surface area contributed by atoms with Gasteiger partial charge in [0.25, 0.3) is 0 Å². The van der Waals surface area contributed by atoms with Crippen LogP contribution in [-0.2, 0) is 16.1 Å². The summed E-state index contributed by atoms with van der Waals surface area (Å²) in [6, 6.07) is 6.24. The molecule has 3 heterocycles. The quantitative estimate of drug-likeness (QED) is 0.897. The van der Waals surface area contributed by atoms with Crippen molar-refractivity contribution in [3.8, 4) is 0 Å². The van der Waals surface area contributed by atoms with Gasteiger partial charge in [-0.15, -0.1) is 0 Å². The van der Waals surface area contributed by atoms with Crippen molar-refractivity contribution in [2.24, 2.45) is 5.92 Å². The van der Waals surface area contributed by atoms with Gasteiger partial charge >= 0.3 is 0 Å². The van der Waals surface area contributed by atoms with E-state index >= 15 is 0 Å². The summed E-state index contributed by atoms with van der Waals surface area (Å²) in [6.07, 6.45) is 5.80. The smallest absolute Gasteiger partial charge is 0.224 e. The molecule has 2 amide bonds. The van der Waals surface area contributed by atoms with E-state index < -0.39 is 0 Å². The van der Waals surface area contributed by atoms with Crippen LogP contribution in [0.3, 0.4) is 0 Å². The molecule has 0 radical (unpaired) electrons. The summed E-state index contributed by atoms with van der Waals surface area (Å²) in [5.41, 5.74) is 0.889. The SMILES string of the molecule is CC(=O)N1CCC(N2CCC[C@H](C(=O)NCc3ccccn3)C2)CC1. The molecule has 3 rings (SSSR count). The Bertz CT molecular complexity index is 584. The second-order valence-electron chi connectivity index (χ2n) is 7.11. The summed E-state index contributed by atoms with van der Waals surface area (Å²) in [4.78, 5) is 32.6. The summed E-state index contributed by atoms with van der Waals surface area (Å²) in [5.74, 6) is 0.365. The van der Waals surface area contributed by atoms with E-state index in [0.29, 0.717) is 12.6 Å². The monoisotopic (exact) mass is 344 g/mol. The summed E-state index contributed by atoms with van der Waals surface area (Å²) in [6.45, 7) is 5.71. The number of rotatable bonds is 4. The fourth-order valence-electron chi connectivity index (χ4n) is 3.92. The van der Waals surface area contributed by atoms with Gasteiger partial charge in [0.05, 0.1) is 18.2 Å². The summed E-state index contributed by atoms with van der Waals surface area (Å²) >= 11 is 0. The molecule has 0 unspecified atom stereocenters. The summed E-state index contributed by atoms with van der Waals surface area (Å²) in [7, 11) is 0. The Morgan fingerprint density at radius 2 is 2.00 bits per heavy atom. The van der Waals surface area contributed by atoms with Crippen LogP contribution in [0.5, 0.6) is 0 Å². The number of amides is 2. The molecule has 1 atom stereocenters. The summed E-state index contributed by atoms with van der Waals surface area (Å²) in [5, 5.41) is 3.03. The van der Waals surface area contributed by atoms with E-state index in [9.17, 15) is 9.59 Å². The molecule has 0 saturated carbocycles. The zero-order valence-electron chi connectivity index (χ0n) is 15.0. The zero-order valence-corrected chi connectivity index (χ0v) is 15.0. The molecule has 1 aromatic heterocycles. The van der Waals surface area contributed by atoms with Crippen molar-refractivity contribution < 1.29 is 9.59 Å². The van der Waals surface area contributed by atoms with E-state index in [0.717, 1.165) is 57.6 Å². The number of carbonyl (C=O) groups excluding carboxylic acids is 2. The second kappa shape index (κ2) is 8.43. The Kier molecular flexibility index (Phi) is 6.02. The van der Waals surface area contributed by atoms with Crippen LogP contribution in [0.1, 0.15) is 38.3 Å². The van der Waals surface area contributed by atoms with Crippen LogP contribution in [0.25, 0.3) is 0 Å². The number of nitrogens with zero attached hydrogens (tertiary/aromatic N) is 3. The number of aromatic nitrogens is 1. The van der Waals surface area contributed by atoms with E-state index in [1.807, 2.05) is 23.1 Å². The maximum Gasteiger partial charge on any atom is 0.224 e. The van der Waals surface area contributed by atoms with Crippen molar-refractivity contribution in [3.05, 3.63) is 30.1 Å². The number of pyridine rings is 1. The van der Waals surface area contributed by atoms with Gasteiger partial charge in [-0.2, -0.15) is 0 Å². The molecule has 2 fully saturated rings. The Morgan fingerprint density at radius 3 is 2.68 bits per heavy atom. The van der Waals surface area contributed by atoms with E-state index in [2.05, 4.69) is 15.2 Å². The lowest BCUT2D eigenvalue weighted by Crippen LogP contribution is -2.51. The van der Waals surface area contributed by atoms with Crippen molar-refractivity contribution in [1.82, 2.24) is 20.1 Å². The minimum atomic E-state index is 0.0586. The second-order valence-corrected chi connectivity index (χ2v) is 7.11. The van der Waals surface area contributed by atoms with Gasteiger partial charge in [-0.25, -0.2) is 0 Å². The van der Waals surface area contributed by atoms with Gasteiger partial charge in [0.15, 0.2) is 0 Å². The van der Waals surface area contributed by atoms with E-state index in [-0.39, 0.29) is 17.7 Å². The number of nitrogens with one attached hydrogen (secondary N) is 1.